The largest absolute Gasteiger partial charge is 0.299 e. The number of nitrogens with zero attached hydrogens (tertiary/aromatic N) is 2. The van der Waals surface area contributed by atoms with Crippen LogP contribution in [0.15, 0.2) is 0 Å². The highest BCUT2D eigenvalue weighted by Gasteiger charge is 2.28. The maximum atomic E-state index is 11.1. The van der Waals surface area contributed by atoms with Gasteiger partial charge in [0.2, 0.25) is 0 Å². The number of hydrogen-bond acceptors (Lipinski definition) is 3. The van der Waals surface area contributed by atoms with Crippen molar-refractivity contribution in [3.05, 3.63) is 0 Å². The molecule has 0 N–H and O–H groups in total. The number of carbonyl (C=O) groups excluding carboxylic acids is 1. The van der Waals surface area contributed by atoms with Crippen molar-refractivity contribution in [3.8, 4) is 0 Å². The molecule has 0 bridgehead atoms. The Kier molecular flexibility index (Phi) is 4.74. The second-order valence-electron chi connectivity index (χ2n) is 4.88. The summed E-state index contributed by atoms with van der Waals surface area (Å²) >= 11 is 0. The Hall–Kier alpha value is -0.410. The lowest BCUT2D eigenvalue weighted by atomic mass is 9.99. The first-order valence-corrected chi connectivity index (χ1v) is 6.00. The van der Waals surface area contributed by atoms with E-state index < -0.39 is 0 Å². The van der Waals surface area contributed by atoms with Gasteiger partial charge in [-0.15, -0.1) is 0 Å². The van der Waals surface area contributed by atoms with Gasteiger partial charge in [-0.05, 0) is 19.4 Å². The molecule has 0 amide bonds. The third-order valence-corrected chi connectivity index (χ3v) is 3.24. The molecule has 0 radical (unpaired) electrons. The van der Waals surface area contributed by atoms with Crippen LogP contribution in [0.1, 0.15) is 27.7 Å². The molecule has 3 heteroatoms. The average Bonchev–Trinajstić information content (AvgIpc) is 2.16. The van der Waals surface area contributed by atoms with Crippen LogP contribution in [0, 0.1) is 5.92 Å². The van der Waals surface area contributed by atoms with Crippen molar-refractivity contribution in [2.24, 2.45) is 5.92 Å². The molecule has 88 valence electrons. The van der Waals surface area contributed by atoms with Gasteiger partial charge in [0, 0.05) is 25.7 Å². The van der Waals surface area contributed by atoms with Crippen LogP contribution in [0.2, 0.25) is 0 Å². The summed E-state index contributed by atoms with van der Waals surface area (Å²) in [6.07, 6.45) is 0. The van der Waals surface area contributed by atoms with Crippen molar-refractivity contribution in [1.82, 2.24) is 9.80 Å². The zero-order valence-electron chi connectivity index (χ0n) is 10.5. The number of likely N-dealkylation sites (N-methyl/N-ethyl adjacent to an activating group) is 1. The summed E-state index contributed by atoms with van der Waals surface area (Å²) in [7, 11) is 0. The van der Waals surface area contributed by atoms with Gasteiger partial charge in [-0.25, -0.2) is 0 Å². The van der Waals surface area contributed by atoms with Crippen molar-refractivity contribution in [3.63, 3.8) is 0 Å². The van der Waals surface area contributed by atoms with Crippen molar-refractivity contribution >= 4 is 5.78 Å². The standard InChI is InChI=1S/C12H24N2O/c1-5-14-7-6-13(8-11(4)15)9-12(14)10(2)3/h10,12H,5-9H2,1-4H3. The molecule has 1 saturated heterocycles. The lowest BCUT2D eigenvalue weighted by Gasteiger charge is -2.42. The molecule has 0 aromatic heterocycles. The first-order chi connectivity index (χ1) is 7.04. The summed E-state index contributed by atoms with van der Waals surface area (Å²) in [5.41, 5.74) is 0. The minimum atomic E-state index is 0.280. The third kappa shape index (κ3) is 3.58. The number of hydrogen-bond donors (Lipinski definition) is 0. The van der Waals surface area contributed by atoms with Crippen LogP contribution in [0.5, 0.6) is 0 Å². The molecular weight excluding hydrogens is 188 g/mol. The molecular formula is C12H24N2O. The van der Waals surface area contributed by atoms with E-state index in [0.29, 0.717) is 18.5 Å². The summed E-state index contributed by atoms with van der Waals surface area (Å²) < 4.78 is 0. The van der Waals surface area contributed by atoms with Crippen molar-refractivity contribution in [2.45, 2.75) is 33.7 Å². The Bertz CT molecular complexity index is 216. The van der Waals surface area contributed by atoms with Gasteiger partial charge in [0.25, 0.3) is 0 Å². The van der Waals surface area contributed by atoms with Crippen LogP contribution < -0.4 is 0 Å². The van der Waals surface area contributed by atoms with Gasteiger partial charge >= 0.3 is 0 Å². The first kappa shape index (κ1) is 12.7. The Morgan fingerprint density at radius 1 is 1.40 bits per heavy atom. The molecule has 0 aromatic rings. The molecule has 0 saturated carbocycles. The van der Waals surface area contributed by atoms with Crippen LogP contribution in [0.3, 0.4) is 0 Å². The normalized spacial score (nSPS) is 24.7. The molecule has 1 fully saturated rings. The molecule has 1 aliphatic heterocycles. The molecule has 3 nitrogen and oxygen atoms in total. The topological polar surface area (TPSA) is 23.6 Å². The van der Waals surface area contributed by atoms with Crippen LogP contribution in [-0.2, 0) is 4.79 Å². The minimum absolute atomic E-state index is 0.280. The van der Waals surface area contributed by atoms with Gasteiger partial charge in [-0.3, -0.25) is 14.6 Å². The summed E-state index contributed by atoms with van der Waals surface area (Å²) in [5.74, 6) is 0.946. The Balaban J connectivity index is 2.53. The van der Waals surface area contributed by atoms with E-state index in [1.165, 1.54) is 0 Å². The molecule has 15 heavy (non-hydrogen) atoms. The summed E-state index contributed by atoms with van der Waals surface area (Å²) in [6, 6.07) is 0.614. The fourth-order valence-corrected chi connectivity index (χ4v) is 2.39. The summed E-state index contributed by atoms with van der Waals surface area (Å²) in [6.45, 7) is 13.4. The predicted octanol–water partition coefficient (Wildman–Crippen LogP) is 1.24. The number of piperazine rings is 1. The molecule has 1 heterocycles. The lowest BCUT2D eigenvalue weighted by Crippen LogP contribution is -2.55. The maximum absolute atomic E-state index is 11.1. The van der Waals surface area contributed by atoms with Crippen molar-refractivity contribution in [2.75, 3.05) is 32.7 Å². The third-order valence-electron chi connectivity index (χ3n) is 3.24. The Morgan fingerprint density at radius 2 is 2.07 bits per heavy atom. The highest BCUT2D eigenvalue weighted by Crippen LogP contribution is 2.16. The van der Waals surface area contributed by atoms with Gasteiger partial charge in [0.1, 0.15) is 5.78 Å². The van der Waals surface area contributed by atoms with Gasteiger partial charge in [0.15, 0.2) is 0 Å². The quantitative estimate of drug-likeness (QED) is 0.700. The average molecular weight is 212 g/mol. The zero-order chi connectivity index (χ0) is 11.4. The molecule has 0 aromatic carbocycles. The Labute approximate surface area is 93.4 Å². The Morgan fingerprint density at radius 3 is 2.53 bits per heavy atom. The maximum Gasteiger partial charge on any atom is 0.143 e. The molecule has 0 aliphatic carbocycles. The monoisotopic (exact) mass is 212 g/mol. The minimum Gasteiger partial charge on any atom is -0.299 e. The SMILES string of the molecule is CCN1CCN(CC(C)=O)CC1C(C)C. The van der Waals surface area contributed by atoms with Crippen molar-refractivity contribution in [1.29, 1.82) is 0 Å². The highest BCUT2D eigenvalue weighted by atomic mass is 16.1. The van der Waals surface area contributed by atoms with E-state index in [4.69, 9.17) is 0 Å². The summed E-state index contributed by atoms with van der Waals surface area (Å²) in [4.78, 5) is 15.9. The van der Waals surface area contributed by atoms with Gasteiger partial charge in [-0.2, -0.15) is 0 Å². The van der Waals surface area contributed by atoms with E-state index in [9.17, 15) is 4.79 Å². The first-order valence-electron chi connectivity index (χ1n) is 6.00. The fourth-order valence-electron chi connectivity index (χ4n) is 2.39. The second-order valence-corrected chi connectivity index (χ2v) is 4.88. The molecule has 1 rings (SSSR count). The summed E-state index contributed by atoms with van der Waals surface area (Å²) in [5, 5.41) is 0. The zero-order valence-corrected chi connectivity index (χ0v) is 10.5. The van der Waals surface area contributed by atoms with Gasteiger partial charge in [0.05, 0.1) is 6.54 Å². The fraction of sp³-hybridized carbons (Fsp3) is 0.917. The second kappa shape index (κ2) is 5.61. The van der Waals surface area contributed by atoms with E-state index in [0.717, 1.165) is 26.2 Å². The lowest BCUT2D eigenvalue weighted by molar-refractivity contribution is -0.119. The number of rotatable bonds is 4. The molecule has 1 aliphatic rings. The van der Waals surface area contributed by atoms with E-state index in [-0.39, 0.29) is 5.78 Å². The van der Waals surface area contributed by atoms with Crippen LogP contribution in [-0.4, -0.2) is 54.3 Å². The predicted molar refractivity (Wildman–Crippen MR) is 63.0 cm³/mol. The van der Waals surface area contributed by atoms with Crippen molar-refractivity contribution < 1.29 is 4.79 Å². The van der Waals surface area contributed by atoms with E-state index in [1.54, 1.807) is 6.92 Å². The number of ketones is 1. The molecule has 1 unspecified atom stereocenters. The highest BCUT2D eigenvalue weighted by molar-refractivity contribution is 5.77. The van der Waals surface area contributed by atoms with Crippen LogP contribution >= 0.6 is 0 Å². The van der Waals surface area contributed by atoms with Gasteiger partial charge < -0.3 is 0 Å². The van der Waals surface area contributed by atoms with Crippen LogP contribution in [0.25, 0.3) is 0 Å². The molecule has 1 atom stereocenters. The van der Waals surface area contributed by atoms with E-state index in [2.05, 4.69) is 30.6 Å². The number of carbonyl (C=O) groups is 1. The number of Topliss-reactive ketones (excluding diaryl/α,β-unsaturated/α-hetero) is 1. The van der Waals surface area contributed by atoms with E-state index >= 15 is 0 Å². The molecule has 0 spiro atoms. The smallest absolute Gasteiger partial charge is 0.143 e. The van der Waals surface area contributed by atoms with E-state index in [1.807, 2.05) is 0 Å². The van der Waals surface area contributed by atoms with Gasteiger partial charge in [-0.1, -0.05) is 20.8 Å². The van der Waals surface area contributed by atoms with Crippen LogP contribution in [0.4, 0.5) is 0 Å².